The fourth-order valence-electron chi connectivity index (χ4n) is 1.66. The van der Waals surface area contributed by atoms with Crippen LogP contribution in [0.15, 0.2) is 22.6 Å². The molecule has 0 amide bonds. The van der Waals surface area contributed by atoms with Gasteiger partial charge in [0.25, 0.3) is 0 Å². The standard InChI is InChI=1S/C12H13F2NO/c1-7(15-2)5-8-3-4-9-10(6-8)16-12(14)11(9)13/h3-4,6-7,15H,5H2,1-2H3/t7-/m1/s1. The number of rotatable bonds is 3. The van der Waals surface area contributed by atoms with Gasteiger partial charge in [-0.2, -0.15) is 8.78 Å². The monoisotopic (exact) mass is 225 g/mol. The summed E-state index contributed by atoms with van der Waals surface area (Å²) in [6, 6.07) is 4.18. The number of hydrogen-bond acceptors (Lipinski definition) is 2. The minimum absolute atomic E-state index is 0.193. The van der Waals surface area contributed by atoms with Crippen molar-refractivity contribution >= 4 is 11.0 Å². The molecule has 0 aliphatic rings. The second kappa shape index (κ2) is 4.22. The Morgan fingerprint density at radius 1 is 1.38 bits per heavy atom. The maximum atomic E-state index is 13.1. The van der Waals surface area contributed by atoms with Crippen LogP contribution in [-0.4, -0.2) is 13.1 Å². The van der Waals surface area contributed by atoms with Gasteiger partial charge in [0, 0.05) is 6.04 Å². The second-order valence-electron chi connectivity index (χ2n) is 3.91. The van der Waals surface area contributed by atoms with E-state index in [9.17, 15) is 8.78 Å². The maximum absolute atomic E-state index is 13.1. The van der Waals surface area contributed by atoms with Crippen LogP contribution in [0.5, 0.6) is 0 Å². The number of benzene rings is 1. The molecule has 2 nitrogen and oxygen atoms in total. The predicted molar refractivity (Wildman–Crippen MR) is 58.4 cm³/mol. The van der Waals surface area contributed by atoms with E-state index in [2.05, 4.69) is 5.32 Å². The Labute approximate surface area is 92.2 Å². The number of nitrogens with one attached hydrogen (secondary N) is 1. The highest BCUT2D eigenvalue weighted by Crippen LogP contribution is 2.24. The van der Waals surface area contributed by atoms with Crippen LogP contribution >= 0.6 is 0 Å². The van der Waals surface area contributed by atoms with E-state index in [-0.39, 0.29) is 11.0 Å². The van der Waals surface area contributed by atoms with Crippen LogP contribution in [0.2, 0.25) is 0 Å². The SMILES string of the molecule is CN[C@H](C)Cc1ccc2c(F)c(F)oc2c1. The van der Waals surface area contributed by atoms with Crippen molar-refractivity contribution in [2.75, 3.05) is 7.05 Å². The summed E-state index contributed by atoms with van der Waals surface area (Å²) in [4.78, 5) is 0. The van der Waals surface area contributed by atoms with Crippen molar-refractivity contribution in [2.45, 2.75) is 19.4 Å². The van der Waals surface area contributed by atoms with E-state index in [0.29, 0.717) is 6.04 Å². The zero-order valence-electron chi connectivity index (χ0n) is 9.18. The molecule has 0 saturated heterocycles. The fraction of sp³-hybridized carbons (Fsp3) is 0.333. The van der Waals surface area contributed by atoms with Crippen LogP contribution in [0.4, 0.5) is 8.78 Å². The topological polar surface area (TPSA) is 25.2 Å². The lowest BCUT2D eigenvalue weighted by atomic mass is 10.1. The van der Waals surface area contributed by atoms with Crippen molar-refractivity contribution in [3.05, 3.63) is 35.6 Å². The molecule has 16 heavy (non-hydrogen) atoms. The van der Waals surface area contributed by atoms with Gasteiger partial charge < -0.3 is 9.73 Å². The summed E-state index contributed by atoms with van der Waals surface area (Å²) in [5.41, 5.74) is 1.25. The van der Waals surface area contributed by atoms with Crippen molar-refractivity contribution in [3.8, 4) is 0 Å². The van der Waals surface area contributed by atoms with E-state index in [1.165, 1.54) is 0 Å². The Kier molecular flexibility index (Phi) is 2.92. The Balaban J connectivity index is 2.37. The normalized spacial score (nSPS) is 13.2. The highest BCUT2D eigenvalue weighted by atomic mass is 19.2. The third-order valence-corrected chi connectivity index (χ3v) is 2.69. The van der Waals surface area contributed by atoms with Gasteiger partial charge in [0.1, 0.15) is 5.58 Å². The first-order valence-corrected chi connectivity index (χ1v) is 5.15. The third-order valence-electron chi connectivity index (χ3n) is 2.69. The molecule has 0 aliphatic carbocycles. The molecule has 0 radical (unpaired) electrons. The molecule has 1 aromatic heterocycles. The third kappa shape index (κ3) is 1.93. The average Bonchev–Trinajstić information content (AvgIpc) is 2.54. The molecule has 0 fully saturated rings. The van der Waals surface area contributed by atoms with E-state index in [1.807, 2.05) is 14.0 Å². The molecule has 1 atom stereocenters. The highest BCUT2D eigenvalue weighted by Gasteiger charge is 2.14. The van der Waals surface area contributed by atoms with Gasteiger partial charge in [-0.25, -0.2) is 0 Å². The number of halogens is 2. The van der Waals surface area contributed by atoms with Crippen molar-refractivity contribution in [1.82, 2.24) is 5.32 Å². The molecule has 4 heteroatoms. The van der Waals surface area contributed by atoms with Crippen LogP contribution in [0.3, 0.4) is 0 Å². The van der Waals surface area contributed by atoms with Gasteiger partial charge in [-0.15, -0.1) is 0 Å². The molecule has 1 heterocycles. The minimum Gasteiger partial charge on any atom is -0.429 e. The van der Waals surface area contributed by atoms with Gasteiger partial charge in [0.05, 0.1) is 5.39 Å². The number of likely N-dealkylation sites (N-methyl/N-ethyl adjacent to an activating group) is 1. The predicted octanol–water partition coefficient (Wildman–Crippen LogP) is 2.86. The molecular formula is C12H13F2NO. The summed E-state index contributed by atoms with van der Waals surface area (Å²) in [7, 11) is 1.87. The van der Waals surface area contributed by atoms with E-state index in [4.69, 9.17) is 4.42 Å². The Morgan fingerprint density at radius 2 is 2.12 bits per heavy atom. The lowest BCUT2D eigenvalue weighted by Crippen LogP contribution is -2.23. The Bertz CT molecular complexity index is 507. The maximum Gasteiger partial charge on any atom is 0.315 e. The lowest BCUT2D eigenvalue weighted by molar-refractivity contribution is 0.343. The molecule has 2 rings (SSSR count). The first-order valence-electron chi connectivity index (χ1n) is 5.15. The van der Waals surface area contributed by atoms with E-state index in [1.54, 1.807) is 18.2 Å². The van der Waals surface area contributed by atoms with Gasteiger partial charge in [-0.1, -0.05) is 6.07 Å². The zero-order chi connectivity index (χ0) is 11.7. The molecular weight excluding hydrogens is 212 g/mol. The number of fused-ring (bicyclic) bond motifs is 1. The first-order chi connectivity index (χ1) is 7.61. The summed E-state index contributed by atoms with van der Waals surface area (Å²) >= 11 is 0. The van der Waals surface area contributed by atoms with E-state index < -0.39 is 11.8 Å². The summed E-state index contributed by atoms with van der Waals surface area (Å²) in [6.45, 7) is 2.04. The van der Waals surface area contributed by atoms with Crippen LogP contribution in [0.1, 0.15) is 12.5 Å². The molecule has 0 spiro atoms. The summed E-state index contributed by atoms with van der Waals surface area (Å²) in [5.74, 6) is -0.914. The molecule has 1 N–H and O–H groups in total. The largest absolute Gasteiger partial charge is 0.429 e. The zero-order valence-corrected chi connectivity index (χ0v) is 9.18. The summed E-state index contributed by atoms with van der Waals surface area (Å²) < 4.78 is 30.7. The first kappa shape index (κ1) is 11.1. The Hall–Kier alpha value is -1.42. The number of hydrogen-bond donors (Lipinski definition) is 1. The lowest BCUT2D eigenvalue weighted by Gasteiger charge is -2.09. The molecule has 0 saturated carbocycles. The highest BCUT2D eigenvalue weighted by molar-refractivity contribution is 5.78. The van der Waals surface area contributed by atoms with E-state index >= 15 is 0 Å². The van der Waals surface area contributed by atoms with Crippen molar-refractivity contribution in [1.29, 1.82) is 0 Å². The van der Waals surface area contributed by atoms with Gasteiger partial charge >= 0.3 is 6.01 Å². The molecule has 0 unspecified atom stereocenters. The molecule has 1 aromatic carbocycles. The van der Waals surface area contributed by atoms with Crippen molar-refractivity contribution < 1.29 is 13.2 Å². The fourth-order valence-corrected chi connectivity index (χ4v) is 1.66. The second-order valence-corrected chi connectivity index (χ2v) is 3.91. The quantitative estimate of drug-likeness (QED) is 0.868. The van der Waals surface area contributed by atoms with Crippen LogP contribution in [0, 0.1) is 11.8 Å². The molecule has 0 bridgehead atoms. The van der Waals surface area contributed by atoms with Crippen LogP contribution in [-0.2, 0) is 6.42 Å². The molecule has 86 valence electrons. The molecule has 2 aromatic rings. The number of furan rings is 1. The van der Waals surface area contributed by atoms with Crippen molar-refractivity contribution in [3.63, 3.8) is 0 Å². The van der Waals surface area contributed by atoms with Crippen LogP contribution in [0.25, 0.3) is 11.0 Å². The summed E-state index contributed by atoms with van der Waals surface area (Å²) in [5, 5.41) is 3.29. The summed E-state index contributed by atoms with van der Waals surface area (Å²) in [6.07, 6.45) is 0.788. The minimum atomic E-state index is -1.14. The van der Waals surface area contributed by atoms with Gasteiger partial charge in [0.2, 0.25) is 5.82 Å². The average molecular weight is 225 g/mol. The van der Waals surface area contributed by atoms with Crippen LogP contribution < -0.4 is 5.32 Å². The van der Waals surface area contributed by atoms with Crippen molar-refractivity contribution in [2.24, 2.45) is 0 Å². The van der Waals surface area contributed by atoms with E-state index in [0.717, 1.165) is 12.0 Å². The van der Waals surface area contributed by atoms with Gasteiger partial charge in [0.15, 0.2) is 0 Å². The smallest absolute Gasteiger partial charge is 0.315 e. The molecule has 0 aliphatic heterocycles. The van der Waals surface area contributed by atoms with Gasteiger partial charge in [-0.3, -0.25) is 0 Å². The van der Waals surface area contributed by atoms with Gasteiger partial charge in [-0.05, 0) is 38.1 Å². The Morgan fingerprint density at radius 3 is 2.81 bits per heavy atom.